The van der Waals surface area contributed by atoms with E-state index in [0.717, 1.165) is 31.3 Å². The summed E-state index contributed by atoms with van der Waals surface area (Å²) in [6.45, 7) is 7.78. The summed E-state index contributed by atoms with van der Waals surface area (Å²) in [6.07, 6.45) is -3.19. The first-order chi connectivity index (χ1) is 15.7. The lowest BCUT2D eigenvalue weighted by atomic mass is 9.82. The van der Waals surface area contributed by atoms with Crippen molar-refractivity contribution < 1.29 is 18.0 Å². The lowest BCUT2D eigenvalue weighted by Gasteiger charge is -2.49. The summed E-state index contributed by atoms with van der Waals surface area (Å²) < 4.78 is 40.0. The number of fused-ring (bicyclic) bond motifs is 3. The molecular weight excluding hydrogens is 427 g/mol. The number of alkyl halides is 3. The van der Waals surface area contributed by atoms with Gasteiger partial charge in [-0.1, -0.05) is 44.2 Å². The van der Waals surface area contributed by atoms with Gasteiger partial charge in [0.05, 0.1) is 17.5 Å². The monoisotopic (exact) mass is 459 g/mol. The Morgan fingerprint density at radius 1 is 1.12 bits per heavy atom. The number of nitrogens with zero attached hydrogens (tertiary/aromatic N) is 2. The summed E-state index contributed by atoms with van der Waals surface area (Å²) in [5, 5.41) is 3.05. The van der Waals surface area contributed by atoms with Crippen molar-refractivity contribution in [1.29, 1.82) is 0 Å². The Balaban J connectivity index is 1.58. The Morgan fingerprint density at radius 2 is 1.88 bits per heavy atom. The van der Waals surface area contributed by atoms with E-state index in [4.69, 9.17) is 0 Å². The molecule has 2 aromatic carbocycles. The van der Waals surface area contributed by atoms with Gasteiger partial charge in [-0.05, 0) is 48.1 Å². The molecule has 0 bridgehead atoms. The molecule has 2 atom stereocenters. The number of hydrogen-bond donors (Lipinski definition) is 1. The second-order valence-electron chi connectivity index (χ2n) is 9.61. The van der Waals surface area contributed by atoms with Gasteiger partial charge in [0, 0.05) is 38.4 Å². The van der Waals surface area contributed by atoms with E-state index in [9.17, 15) is 18.0 Å². The maximum absolute atomic E-state index is 13.3. The molecule has 0 aromatic heterocycles. The predicted octanol–water partition coefficient (Wildman–Crippen LogP) is 4.73. The number of nitrogens with one attached hydrogen (secondary N) is 1. The van der Waals surface area contributed by atoms with E-state index >= 15 is 0 Å². The first kappa shape index (κ1) is 23.6. The van der Waals surface area contributed by atoms with Crippen molar-refractivity contribution >= 4 is 11.6 Å². The van der Waals surface area contributed by atoms with Crippen LogP contribution in [-0.2, 0) is 23.9 Å². The number of hydrogen-bond acceptors (Lipinski definition) is 3. The maximum Gasteiger partial charge on any atom is 0.416 e. The second kappa shape index (κ2) is 9.75. The number of carbonyl (C=O) groups excluding carboxylic acids is 1. The van der Waals surface area contributed by atoms with Gasteiger partial charge in [0.1, 0.15) is 0 Å². The van der Waals surface area contributed by atoms with Crippen LogP contribution in [0.15, 0.2) is 48.5 Å². The van der Waals surface area contributed by atoms with E-state index in [2.05, 4.69) is 41.1 Å². The first-order valence-corrected chi connectivity index (χ1v) is 11.7. The van der Waals surface area contributed by atoms with E-state index < -0.39 is 11.7 Å². The highest BCUT2D eigenvalue weighted by atomic mass is 19.4. The van der Waals surface area contributed by atoms with Gasteiger partial charge in [0.25, 0.3) is 0 Å². The molecule has 2 aliphatic rings. The minimum Gasteiger partial charge on any atom is -0.365 e. The smallest absolute Gasteiger partial charge is 0.365 e. The molecule has 7 heteroatoms. The third-order valence-corrected chi connectivity index (χ3v) is 6.73. The summed E-state index contributed by atoms with van der Waals surface area (Å²) in [6, 6.07) is 14.1. The van der Waals surface area contributed by atoms with Crippen LogP contribution in [0.25, 0.3) is 0 Å². The number of amides is 1. The van der Waals surface area contributed by atoms with Crippen LogP contribution >= 0.6 is 0 Å². The highest BCUT2D eigenvalue weighted by Gasteiger charge is 2.42. The number of rotatable bonds is 6. The largest absolute Gasteiger partial charge is 0.416 e. The summed E-state index contributed by atoms with van der Waals surface area (Å²) >= 11 is 0. The van der Waals surface area contributed by atoms with Gasteiger partial charge in [-0.3, -0.25) is 9.69 Å². The molecule has 0 spiro atoms. The molecule has 4 rings (SSSR count). The van der Waals surface area contributed by atoms with Crippen LogP contribution in [0.1, 0.15) is 37.0 Å². The lowest BCUT2D eigenvalue weighted by Crippen LogP contribution is -2.61. The molecule has 2 aromatic rings. The maximum atomic E-state index is 13.3. The minimum atomic E-state index is -4.39. The van der Waals surface area contributed by atoms with Crippen molar-refractivity contribution in [2.45, 2.75) is 45.5 Å². The van der Waals surface area contributed by atoms with Crippen molar-refractivity contribution in [3.05, 3.63) is 65.2 Å². The average Bonchev–Trinajstić information content (AvgIpc) is 2.77. The molecule has 4 nitrogen and oxygen atoms in total. The Labute approximate surface area is 193 Å². The normalized spacial score (nSPS) is 21.0. The van der Waals surface area contributed by atoms with Gasteiger partial charge in [-0.2, -0.15) is 13.2 Å². The zero-order valence-corrected chi connectivity index (χ0v) is 19.2. The molecule has 1 saturated heterocycles. The van der Waals surface area contributed by atoms with Crippen molar-refractivity contribution in [1.82, 2.24) is 10.2 Å². The number of halogens is 3. The van der Waals surface area contributed by atoms with E-state index in [0.29, 0.717) is 37.5 Å². The van der Waals surface area contributed by atoms with Crippen LogP contribution < -0.4 is 10.2 Å². The van der Waals surface area contributed by atoms with Crippen LogP contribution in [0.4, 0.5) is 18.9 Å². The third-order valence-electron chi connectivity index (χ3n) is 6.73. The fourth-order valence-electron chi connectivity index (χ4n) is 4.96. The van der Waals surface area contributed by atoms with E-state index in [1.165, 1.54) is 11.6 Å². The zero-order chi connectivity index (χ0) is 23.6. The Bertz CT molecular complexity index is 961. The summed E-state index contributed by atoms with van der Waals surface area (Å²) in [7, 11) is 0. The summed E-state index contributed by atoms with van der Waals surface area (Å²) in [5.41, 5.74) is 2.01. The molecule has 1 amide bonds. The summed E-state index contributed by atoms with van der Waals surface area (Å²) in [5.74, 6) is 0.0289. The molecule has 1 fully saturated rings. The molecule has 1 N–H and O–H groups in total. The van der Waals surface area contributed by atoms with E-state index in [-0.39, 0.29) is 17.9 Å². The van der Waals surface area contributed by atoms with Crippen molar-refractivity contribution in [2.24, 2.45) is 11.8 Å². The van der Waals surface area contributed by atoms with Gasteiger partial charge in [-0.25, -0.2) is 0 Å². The average molecular weight is 460 g/mol. The summed E-state index contributed by atoms with van der Waals surface area (Å²) in [4.78, 5) is 17.7. The van der Waals surface area contributed by atoms with Crippen molar-refractivity contribution in [3.63, 3.8) is 0 Å². The molecule has 2 aliphatic heterocycles. The van der Waals surface area contributed by atoms with Crippen LogP contribution in [0.3, 0.4) is 0 Å². The fourth-order valence-corrected chi connectivity index (χ4v) is 4.96. The quantitative estimate of drug-likeness (QED) is 0.678. The molecule has 0 radical (unpaired) electrons. The second-order valence-corrected chi connectivity index (χ2v) is 9.61. The van der Waals surface area contributed by atoms with Gasteiger partial charge >= 0.3 is 6.18 Å². The lowest BCUT2D eigenvalue weighted by molar-refractivity contribution is -0.137. The van der Waals surface area contributed by atoms with Crippen LogP contribution in [0.2, 0.25) is 0 Å². The van der Waals surface area contributed by atoms with Gasteiger partial charge < -0.3 is 10.2 Å². The highest BCUT2D eigenvalue weighted by molar-refractivity contribution is 5.82. The molecule has 178 valence electrons. The van der Waals surface area contributed by atoms with Gasteiger partial charge in [0.2, 0.25) is 5.91 Å². The molecule has 0 saturated carbocycles. The molecule has 0 aliphatic carbocycles. The van der Waals surface area contributed by atoms with Gasteiger partial charge in [-0.15, -0.1) is 0 Å². The fraction of sp³-hybridized carbons (Fsp3) is 0.500. The van der Waals surface area contributed by atoms with E-state index in [1.54, 1.807) is 6.07 Å². The third kappa shape index (κ3) is 5.52. The van der Waals surface area contributed by atoms with Crippen molar-refractivity contribution in [3.8, 4) is 0 Å². The number of benzene rings is 2. The van der Waals surface area contributed by atoms with E-state index in [1.807, 2.05) is 18.2 Å². The minimum absolute atomic E-state index is 0.0599. The molecule has 33 heavy (non-hydrogen) atoms. The Hall–Kier alpha value is -2.54. The highest BCUT2D eigenvalue weighted by Crippen LogP contribution is 2.39. The number of carbonyl (C=O) groups is 1. The first-order valence-electron chi connectivity index (χ1n) is 11.7. The molecule has 0 unspecified atom stereocenters. The Kier molecular flexibility index (Phi) is 6.98. The zero-order valence-electron chi connectivity index (χ0n) is 19.2. The van der Waals surface area contributed by atoms with Crippen molar-refractivity contribution in [2.75, 3.05) is 31.1 Å². The number of piperazine rings is 1. The standard InChI is InChI=1S/C26H32F3N3O/c1-18(2)10-11-30-25(33)22-15-20-14-21(26(27,28)29)8-9-23(20)32-13-12-31(17-24(22)32)16-19-6-4-3-5-7-19/h3-9,14,18,22,24H,10-13,15-17H2,1-2H3,(H,30,33)/t22-,24+/m1/s1. The van der Waals surface area contributed by atoms with Crippen LogP contribution in [0.5, 0.6) is 0 Å². The predicted molar refractivity (Wildman–Crippen MR) is 124 cm³/mol. The van der Waals surface area contributed by atoms with Crippen LogP contribution in [0, 0.1) is 11.8 Å². The molecule has 2 heterocycles. The Morgan fingerprint density at radius 3 is 2.58 bits per heavy atom. The van der Waals surface area contributed by atoms with Crippen LogP contribution in [-0.4, -0.2) is 43.0 Å². The molecular formula is C26H32F3N3O. The number of anilines is 1. The topological polar surface area (TPSA) is 35.6 Å². The van der Waals surface area contributed by atoms with Gasteiger partial charge in [0.15, 0.2) is 0 Å². The SMILES string of the molecule is CC(C)CCNC(=O)[C@@H]1Cc2cc(C(F)(F)F)ccc2N2CCN(Cc3ccccc3)C[C@@H]12.